The van der Waals surface area contributed by atoms with Crippen molar-refractivity contribution < 1.29 is 22.4 Å². The topological polar surface area (TPSA) is 17.1 Å². The second kappa shape index (κ2) is 6.30. The van der Waals surface area contributed by atoms with E-state index in [1.165, 1.54) is 30.3 Å². The molecule has 0 spiro atoms. The van der Waals surface area contributed by atoms with Crippen LogP contribution in [0.4, 0.5) is 17.6 Å². The summed E-state index contributed by atoms with van der Waals surface area (Å²) in [6.07, 6.45) is -4.57. The minimum absolute atomic E-state index is 0.184. The van der Waals surface area contributed by atoms with Crippen molar-refractivity contribution in [1.82, 2.24) is 0 Å². The molecule has 0 saturated carbocycles. The number of alkyl halides is 3. The minimum Gasteiger partial charge on any atom is -0.293 e. The van der Waals surface area contributed by atoms with Gasteiger partial charge in [-0.25, -0.2) is 4.39 Å². The first-order chi connectivity index (χ1) is 9.88. The molecule has 0 aliphatic rings. The Labute approximate surface area is 123 Å². The number of hydrogen-bond acceptors (Lipinski definition) is 2. The number of halogens is 4. The third-order valence-corrected chi connectivity index (χ3v) is 3.69. The summed E-state index contributed by atoms with van der Waals surface area (Å²) in [5.74, 6) is -1.28. The van der Waals surface area contributed by atoms with Gasteiger partial charge in [-0.15, -0.1) is 11.8 Å². The fraction of sp³-hybridized carbons (Fsp3) is 0.133. The first kappa shape index (κ1) is 15.6. The lowest BCUT2D eigenvalue weighted by molar-refractivity contribution is -0.137. The first-order valence-electron chi connectivity index (χ1n) is 5.96. The zero-order valence-corrected chi connectivity index (χ0v) is 11.5. The van der Waals surface area contributed by atoms with Crippen molar-refractivity contribution in [2.75, 3.05) is 5.75 Å². The van der Waals surface area contributed by atoms with Crippen molar-refractivity contribution in [3.05, 3.63) is 65.5 Å². The van der Waals surface area contributed by atoms with Crippen molar-refractivity contribution in [1.29, 1.82) is 0 Å². The quantitative estimate of drug-likeness (QED) is 0.457. The highest BCUT2D eigenvalue weighted by Gasteiger charge is 2.34. The lowest BCUT2D eigenvalue weighted by Gasteiger charge is -2.11. The van der Waals surface area contributed by atoms with E-state index in [-0.39, 0.29) is 11.3 Å². The van der Waals surface area contributed by atoms with Crippen molar-refractivity contribution in [2.45, 2.75) is 11.1 Å². The predicted molar refractivity (Wildman–Crippen MR) is 72.9 cm³/mol. The average molecular weight is 314 g/mol. The molecule has 2 aromatic carbocycles. The number of carbonyl (C=O) groups excluding carboxylic acids is 1. The van der Waals surface area contributed by atoms with Gasteiger partial charge in [-0.05, 0) is 24.3 Å². The fourth-order valence-corrected chi connectivity index (χ4v) is 2.58. The van der Waals surface area contributed by atoms with Crippen molar-refractivity contribution in [2.24, 2.45) is 0 Å². The van der Waals surface area contributed by atoms with Gasteiger partial charge in [-0.2, -0.15) is 13.2 Å². The molecule has 0 heterocycles. The van der Waals surface area contributed by atoms with Gasteiger partial charge in [0.25, 0.3) is 0 Å². The standard InChI is InChI=1S/C15H10F4OS/c16-10-4-3-5-11(8-10)21-9-14(20)12-6-1-2-7-13(12)15(17,18)19/h1-8H,9H2. The van der Waals surface area contributed by atoms with Gasteiger partial charge in [0, 0.05) is 10.5 Å². The molecule has 21 heavy (non-hydrogen) atoms. The number of hydrogen-bond donors (Lipinski definition) is 0. The smallest absolute Gasteiger partial charge is 0.293 e. The van der Waals surface area contributed by atoms with Gasteiger partial charge in [0.05, 0.1) is 11.3 Å². The summed E-state index contributed by atoms with van der Waals surface area (Å²) < 4.78 is 51.4. The number of benzene rings is 2. The molecule has 2 rings (SSSR count). The van der Waals surface area contributed by atoms with Crippen LogP contribution < -0.4 is 0 Å². The highest BCUT2D eigenvalue weighted by molar-refractivity contribution is 8.00. The molecule has 0 N–H and O–H groups in total. The number of thioether (sulfide) groups is 1. The summed E-state index contributed by atoms with van der Waals surface area (Å²) in [7, 11) is 0. The van der Waals surface area contributed by atoms with E-state index in [0.717, 1.165) is 23.9 Å². The molecule has 1 nitrogen and oxygen atoms in total. The van der Waals surface area contributed by atoms with Crippen LogP contribution in [-0.4, -0.2) is 11.5 Å². The molecule has 0 aliphatic heterocycles. The molecule has 0 atom stereocenters. The lowest BCUT2D eigenvalue weighted by atomic mass is 10.0. The molecular weight excluding hydrogens is 304 g/mol. The number of Topliss-reactive ketones (excluding diaryl/α,β-unsaturated/α-hetero) is 1. The Morgan fingerprint density at radius 2 is 1.76 bits per heavy atom. The van der Waals surface area contributed by atoms with E-state index in [9.17, 15) is 22.4 Å². The second-order valence-electron chi connectivity index (χ2n) is 4.21. The maximum Gasteiger partial charge on any atom is 0.417 e. The van der Waals surface area contributed by atoms with Gasteiger partial charge >= 0.3 is 6.18 Å². The van der Waals surface area contributed by atoms with E-state index in [1.54, 1.807) is 6.07 Å². The minimum atomic E-state index is -4.57. The maximum atomic E-state index is 13.0. The van der Waals surface area contributed by atoms with Crippen LogP contribution >= 0.6 is 11.8 Å². The van der Waals surface area contributed by atoms with E-state index in [0.29, 0.717) is 4.90 Å². The van der Waals surface area contributed by atoms with E-state index in [2.05, 4.69) is 0 Å². The third kappa shape index (κ3) is 4.07. The van der Waals surface area contributed by atoms with Crippen LogP contribution in [0, 0.1) is 5.82 Å². The Bertz CT molecular complexity index is 652. The molecule has 0 saturated heterocycles. The monoisotopic (exact) mass is 314 g/mol. The molecule has 0 radical (unpaired) electrons. The van der Waals surface area contributed by atoms with Crippen LogP contribution in [0.5, 0.6) is 0 Å². The summed E-state index contributed by atoms with van der Waals surface area (Å²) in [5.41, 5.74) is -1.32. The average Bonchev–Trinajstić information content (AvgIpc) is 2.44. The van der Waals surface area contributed by atoms with Crippen LogP contribution in [0.1, 0.15) is 15.9 Å². The lowest BCUT2D eigenvalue weighted by Crippen LogP contribution is -2.14. The number of ketones is 1. The van der Waals surface area contributed by atoms with Crippen LogP contribution in [0.25, 0.3) is 0 Å². The van der Waals surface area contributed by atoms with Crippen LogP contribution in [0.2, 0.25) is 0 Å². The van der Waals surface area contributed by atoms with Gasteiger partial charge in [0.2, 0.25) is 0 Å². The normalized spacial score (nSPS) is 11.4. The summed E-state index contributed by atoms with van der Waals surface area (Å²) in [5, 5.41) is 0. The van der Waals surface area contributed by atoms with Gasteiger partial charge in [0.1, 0.15) is 5.82 Å². The largest absolute Gasteiger partial charge is 0.417 e. The molecule has 110 valence electrons. The van der Waals surface area contributed by atoms with Gasteiger partial charge in [-0.3, -0.25) is 4.79 Å². The van der Waals surface area contributed by atoms with Gasteiger partial charge < -0.3 is 0 Å². The summed E-state index contributed by atoms with van der Waals surface area (Å²) in [6, 6.07) is 10.2. The molecule has 6 heteroatoms. The summed E-state index contributed by atoms with van der Waals surface area (Å²) in [6.45, 7) is 0. The Morgan fingerprint density at radius 1 is 1.05 bits per heavy atom. The van der Waals surface area contributed by atoms with Crippen LogP contribution in [0.15, 0.2) is 53.4 Å². The molecule has 0 amide bonds. The van der Waals surface area contributed by atoms with Crippen molar-refractivity contribution in [3.63, 3.8) is 0 Å². The molecular formula is C15H10F4OS. The zero-order valence-electron chi connectivity index (χ0n) is 10.7. The third-order valence-electron chi connectivity index (χ3n) is 2.70. The van der Waals surface area contributed by atoms with Crippen LogP contribution in [0.3, 0.4) is 0 Å². The first-order valence-corrected chi connectivity index (χ1v) is 6.94. The summed E-state index contributed by atoms with van der Waals surface area (Å²) in [4.78, 5) is 12.4. The molecule has 0 aliphatic carbocycles. The van der Waals surface area contributed by atoms with Gasteiger partial charge in [0.15, 0.2) is 5.78 Å². The van der Waals surface area contributed by atoms with E-state index < -0.39 is 23.3 Å². The molecule has 0 bridgehead atoms. The Kier molecular flexibility index (Phi) is 4.67. The Balaban J connectivity index is 2.14. The van der Waals surface area contributed by atoms with E-state index in [1.807, 2.05) is 0 Å². The van der Waals surface area contributed by atoms with Crippen LogP contribution in [-0.2, 0) is 6.18 Å². The summed E-state index contributed by atoms with van der Waals surface area (Å²) >= 11 is 1.000. The highest BCUT2D eigenvalue weighted by atomic mass is 32.2. The molecule has 0 aromatic heterocycles. The molecule has 2 aromatic rings. The van der Waals surface area contributed by atoms with E-state index >= 15 is 0 Å². The SMILES string of the molecule is O=C(CSc1cccc(F)c1)c1ccccc1C(F)(F)F. The second-order valence-corrected chi connectivity index (χ2v) is 5.26. The van der Waals surface area contributed by atoms with Gasteiger partial charge in [-0.1, -0.05) is 24.3 Å². The van der Waals surface area contributed by atoms with Crippen molar-refractivity contribution >= 4 is 17.5 Å². The number of rotatable bonds is 4. The Hall–Kier alpha value is -1.82. The van der Waals surface area contributed by atoms with Crippen molar-refractivity contribution in [3.8, 4) is 0 Å². The Morgan fingerprint density at radius 3 is 2.43 bits per heavy atom. The molecule has 0 fully saturated rings. The zero-order chi connectivity index (χ0) is 15.5. The fourth-order valence-electron chi connectivity index (χ4n) is 1.76. The predicted octanol–water partition coefficient (Wildman–Crippen LogP) is 4.82. The van der Waals surface area contributed by atoms with E-state index in [4.69, 9.17) is 0 Å². The number of carbonyl (C=O) groups is 1. The molecule has 0 unspecified atom stereocenters. The highest BCUT2D eigenvalue weighted by Crippen LogP contribution is 2.32. The maximum absolute atomic E-state index is 13.0.